The van der Waals surface area contributed by atoms with Crippen LogP contribution in [0.25, 0.3) is 11.0 Å². The van der Waals surface area contributed by atoms with Crippen LogP contribution < -0.4 is 33.2 Å². The Morgan fingerprint density at radius 1 is 0.750 bits per heavy atom. The van der Waals surface area contributed by atoms with Crippen LogP contribution in [0.2, 0.25) is 0 Å². The van der Waals surface area contributed by atoms with Gasteiger partial charge in [-0.1, -0.05) is 12.1 Å². The Bertz CT molecular complexity index is 1150. The average Bonchev–Trinajstić information content (AvgIpc) is 2.72. The van der Waals surface area contributed by atoms with Crippen LogP contribution in [0.1, 0.15) is 22.3 Å². The normalized spacial score (nSPS) is 15.3. The summed E-state index contributed by atoms with van der Waals surface area (Å²) in [4.78, 5) is 27.7. The minimum atomic E-state index is -0.596. The van der Waals surface area contributed by atoms with Crippen LogP contribution in [0.3, 0.4) is 0 Å². The fourth-order valence-corrected chi connectivity index (χ4v) is 3.80. The molecule has 2 aliphatic rings. The number of anilines is 2. The van der Waals surface area contributed by atoms with Crippen molar-refractivity contribution in [1.29, 1.82) is 0 Å². The molecule has 2 aromatic carbocycles. The van der Waals surface area contributed by atoms with E-state index in [0.29, 0.717) is 11.2 Å². The Hall–Kier alpha value is -3.10. The molecule has 8 heteroatoms. The van der Waals surface area contributed by atoms with Gasteiger partial charge in [0.05, 0.1) is 22.4 Å². The number of nitrogens with two attached hydrogens (primary N) is 2. The van der Waals surface area contributed by atoms with Crippen LogP contribution in [0.4, 0.5) is 11.4 Å². The molecule has 0 amide bonds. The van der Waals surface area contributed by atoms with Crippen LogP contribution in [0.15, 0.2) is 33.9 Å². The maximum Gasteiger partial charge on any atom is 0.314 e. The molecule has 8 nitrogen and oxygen atoms in total. The molecule has 0 spiro atoms. The van der Waals surface area contributed by atoms with Crippen molar-refractivity contribution >= 4 is 22.4 Å². The van der Waals surface area contributed by atoms with E-state index in [1.807, 2.05) is 24.3 Å². The topological polar surface area (TPSA) is 142 Å². The van der Waals surface area contributed by atoms with Crippen molar-refractivity contribution in [2.45, 2.75) is 25.9 Å². The lowest BCUT2D eigenvalue weighted by Crippen LogP contribution is -2.30. The van der Waals surface area contributed by atoms with Gasteiger partial charge < -0.3 is 32.1 Å². The standard InChI is InChI=1S/C11H11N3O2.C9H13N3/c15-10-11(16)14-9-7-3-4-12-5-6(7)1-2-8(9)13-10;10-8-2-1-6-5-12-4-3-7(6)9(8)11/h1-2,12H,3-5H2,(H,13,15)(H,14,16);1-2,12H,3-5,10-11H2. The van der Waals surface area contributed by atoms with Crippen LogP contribution >= 0.6 is 0 Å². The van der Waals surface area contributed by atoms with Gasteiger partial charge in [-0.3, -0.25) is 9.59 Å². The third-order valence-corrected chi connectivity index (χ3v) is 5.33. The van der Waals surface area contributed by atoms with Crippen LogP contribution in [-0.2, 0) is 25.9 Å². The lowest BCUT2D eigenvalue weighted by molar-refractivity contribution is 0.645. The van der Waals surface area contributed by atoms with Gasteiger partial charge in [0.25, 0.3) is 0 Å². The van der Waals surface area contributed by atoms with Gasteiger partial charge in [0.15, 0.2) is 0 Å². The van der Waals surface area contributed by atoms with Gasteiger partial charge in [-0.15, -0.1) is 0 Å². The first-order valence-electron chi connectivity index (χ1n) is 9.39. The number of nitrogen functional groups attached to an aromatic ring is 2. The van der Waals surface area contributed by atoms with E-state index < -0.39 is 11.1 Å². The molecule has 3 heterocycles. The number of nitrogens with one attached hydrogen (secondary N) is 4. The van der Waals surface area contributed by atoms with Gasteiger partial charge in [0, 0.05) is 13.1 Å². The zero-order valence-corrected chi connectivity index (χ0v) is 15.5. The Morgan fingerprint density at radius 3 is 2.11 bits per heavy atom. The second-order valence-electron chi connectivity index (χ2n) is 7.09. The number of hydrogen-bond acceptors (Lipinski definition) is 6. The highest BCUT2D eigenvalue weighted by atomic mass is 16.2. The first kappa shape index (κ1) is 18.3. The van der Waals surface area contributed by atoms with Crippen molar-refractivity contribution < 1.29 is 0 Å². The molecule has 5 rings (SSSR count). The van der Waals surface area contributed by atoms with Gasteiger partial charge in [0.1, 0.15) is 0 Å². The highest BCUT2D eigenvalue weighted by Crippen LogP contribution is 2.25. The summed E-state index contributed by atoms with van der Waals surface area (Å²) in [5, 5.41) is 6.56. The van der Waals surface area contributed by atoms with Crippen LogP contribution in [-0.4, -0.2) is 23.1 Å². The molecule has 2 aliphatic heterocycles. The first-order chi connectivity index (χ1) is 13.5. The minimum Gasteiger partial charge on any atom is -0.397 e. The van der Waals surface area contributed by atoms with E-state index in [-0.39, 0.29) is 0 Å². The van der Waals surface area contributed by atoms with E-state index in [1.165, 1.54) is 16.7 Å². The van der Waals surface area contributed by atoms with Crippen molar-refractivity contribution in [2.24, 2.45) is 0 Å². The Kier molecular flexibility index (Phi) is 4.89. The van der Waals surface area contributed by atoms with Crippen molar-refractivity contribution in [3.63, 3.8) is 0 Å². The third-order valence-electron chi connectivity index (χ3n) is 5.33. The number of benzene rings is 2. The molecular formula is C20H24N6O2. The molecule has 0 radical (unpaired) electrons. The lowest BCUT2D eigenvalue weighted by atomic mass is 9.98. The average molecular weight is 380 g/mol. The Balaban J connectivity index is 0.000000143. The summed E-state index contributed by atoms with van der Waals surface area (Å²) < 4.78 is 0. The van der Waals surface area contributed by atoms with Crippen molar-refractivity contribution in [2.75, 3.05) is 24.6 Å². The SMILES string of the molecule is Nc1ccc2c(c1N)CCNC2.O=c1[nH]c2ccc3c(c2[nH]c1=O)CCNC3. The summed E-state index contributed by atoms with van der Waals surface area (Å²) in [6, 6.07) is 7.74. The van der Waals surface area contributed by atoms with E-state index in [0.717, 1.165) is 55.8 Å². The monoisotopic (exact) mass is 380 g/mol. The van der Waals surface area contributed by atoms with Crippen molar-refractivity contribution in [3.05, 3.63) is 67.2 Å². The second kappa shape index (κ2) is 7.49. The summed E-state index contributed by atoms with van der Waals surface area (Å²) in [5.41, 5.74) is 18.1. The smallest absolute Gasteiger partial charge is 0.314 e. The molecule has 0 saturated carbocycles. The molecule has 0 saturated heterocycles. The summed E-state index contributed by atoms with van der Waals surface area (Å²) >= 11 is 0. The molecular weight excluding hydrogens is 356 g/mol. The third kappa shape index (κ3) is 3.39. The molecule has 0 fully saturated rings. The molecule has 0 atom stereocenters. The highest BCUT2D eigenvalue weighted by Gasteiger charge is 2.13. The molecule has 28 heavy (non-hydrogen) atoms. The molecule has 146 valence electrons. The van der Waals surface area contributed by atoms with Gasteiger partial charge in [-0.05, 0) is 60.3 Å². The van der Waals surface area contributed by atoms with E-state index >= 15 is 0 Å². The molecule has 8 N–H and O–H groups in total. The number of rotatable bonds is 0. The fourth-order valence-electron chi connectivity index (χ4n) is 3.80. The quantitative estimate of drug-likeness (QED) is 0.246. The van der Waals surface area contributed by atoms with Gasteiger partial charge in [-0.25, -0.2) is 0 Å². The second-order valence-corrected chi connectivity index (χ2v) is 7.09. The minimum absolute atomic E-state index is 0.584. The van der Waals surface area contributed by atoms with E-state index in [9.17, 15) is 9.59 Å². The predicted molar refractivity (Wildman–Crippen MR) is 111 cm³/mol. The summed E-state index contributed by atoms with van der Waals surface area (Å²) in [6.07, 6.45) is 1.86. The molecule has 1 aromatic heterocycles. The van der Waals surface area contributed by atoms with Crippen LogP contribution in [0, 0.1) is 0 Å². The number of hydrogen-bond donors (Lipinski definition) is 6. The molecule has 0 unspecified atom stereocenters. The fraction of sp³-hybridized carbons (Fsp3) is 0.300. The maximum absolute atomic E-state index is 11.3. The van der Waals surface area contributed by atoms with Crippen LogP contribution in [0.5, 0.6) is 0 Å². The van der Waals surface area contributed by atoms with Gasteiger partial charge >= 0.3 is 11.1 Å². The van der Waals surface area contributed by atoms with Gasteiger partial charge in [0.2, 0.25) is 0 Å². The highest BCUT2D eigenvalue weighted by molar-refractivity contribution is 5.79. The van der Waals surface area contributed by atoms with Crippen molar-refractivity contribution in [1.82, 2.24) is 20.6 Å². The zero-order valence-electron chi connectivity index (χ0n) is 15.5. The molecule has 0 bridgehead atoms. The number of aromatic nitrogens is 2. The summed E-state index contributed by atoms with van der Waals surface area (Å²) in [7, 11) is 0. The lowest BCUT2D eigenvalue weighted by Gasteiger charge is -2.19. The summed E-state index contributed by atoms with van der Waals surface area (Å²) in [5.74, 6) is 0. The zero-order chi connectivity index (χ0) is 19.7. The predicted octanol–water partition coefficient (Wildman–Crippen LogP) is 0.359. The Labute approximate surface area is 161 Å². The number of H-pyrrole nitrogens is 2. The largest absolute Gasteiger partial charge is 0.397 e. The summed E-state index contributed by atoms with van der Waals surface area (Å²) in [6.45, 7) is 3.63. The number of fused-ring (bicyclic) bond motifs is 4. The van der Waals surface area contributed by atoms with E-state index in [2.05, 4.69) is 20.6 Å². The van der Waals surface area contributed by atoms with Crippen molar-refractivity contribution in [3.8, 4) is 0 Å². The molecule has 3 aromatic rings. The number of aromatic amines is 2. The van der Waals surface area contributed by atoms with E-state index in [4.69, 9.17) is 11.5 Å². The maximum atomic E-state index is 11.3. The molecule has 0 aliphatic carbocycles. The first-order valence-corrected chi connectivity index (χ1v) is 9.39. The van der Waals surface area contributed by atoms with E-state index in [1.54, 1.807) is 0 Å². The van der Waals surface area contributed by atoms with Gasteiger partial charge in [-0.2, -0.15) is 0 Å². The Morgan fingerprint density at radius 2 is 1.36 bits per heavy atom.